The summed E-state index contributed by atoms with van der Waals surface area (Å²) < 4.78 is 16.7. The fourth-order valence-corrected chi connectivity index (χ4v) is 1.18. The van der Waals surface area contributed by atoms with E-state index in [4.69, 9.17) is 0 Å². The standard InChI is InChI=1S/CHO4Si4/c6-2-1(3-7,4-8)5-9/h2H/q+1. The van der Waals surface area contributed by atoms with Gasteiger partial charge in [-0.15, -0.1) is 0 Å². The Kier molecular flexibility index (Phi) is 4.87. The maximum Gasteiger partial charge on any atom is 0.627 e. The molecule has 9 heavy (non-hydrogen) atoms. The lowest BCUT2D eigenvalue weighted by molar-refractivity contribution is -0.420. The number of hydrogen-bond donors (Lipinski definition) is 0. The van der Waals surface area contributed by atoms with Crippen LogP contribution in [-0.4, -0.2) is 52.5 Å². The number of rotatable bonds is 4. The Morgan fingerprint density at radius 3 is 1.33 bits per heavy atom. The first-order valence-corrected chi connectivity index (χ1v) is 3.34. The summed E-state index contributed by atoms with van der Waals surface area (Å²) in [5.74, 6) is 0. The van der Waals surface area contributed by atoms with Gasteiger partial charge in [-0.25, -0.2) is 0 Å². The Bertz CT molecular complexity index is 55.5. The Balaban J connectivity index is 3.82. The molecule has 0 spiro atoms. The number of aliphatic hydroxyl groups is 1. The highest BCUT2D eigenvalue weighted by Crippen LogP contribution is 2.06. The quantitative estimate of drug-likeness (QED) is 0.279. The smallest absolute Gasteiger partial charge is 0.449 e. The second-order valence-corrected chi connectivity index (χ2v) is 1.78. The lowest BCUT2D eigenvalue weighted by atomic mass is 11.2. The van der Waals surface area contributed by atoms with Crippen LogP contribution in [0.25, 0.3) is 0 Å². The van der Waals surface area contributed by atoms with Crippen LogP contribution in [0.1, 0.15) is 0 Å². The summed E-state index contributed by atoms with van der Waals surface area (Å²) in [5.41, 5.74) is 0. The molecule has 0 aromatic heterocycles. The molecule has 0 bridgehead atoms. The topological polar surface area (TPSA) is 40.5 Å². The average molecular weight is 189 g/mol. The lowest BCUT2D eigenvalue weighted by Crippen LogP contribution is -2.42. The molecule has 44 valence electrons. The minimum atomic E-state index is -1.55. The van der Waals surface area contributed by atoms with Crippen LogP contribution in [0.5, 0.6) is 0 Å². The molecule has 8 heteroatoms. The Morgan fingerprint density at radius 1 is 1.00 bits per heavy atom. The van der Waals surface area contributed by atoms with E-state index in [-0.39, 0.29) is 0 Å². The van der Waals surface area contributed by atoms with E-state index in [1.165, 1.54) is 0 Å². The summed E-state index contributed by atoms with van der Waals surface area (Å²) in [6.07, 6.45) is -1.55. The van der Waals surface area contributed by atoms with E-state index in [1.807, 2.05) is 0 Å². The van der Waals surface area contributed by atoms with Gasteiger partial charge in [0.15, 0.2) is 0 Å². The monoisotopic (exact) mass is 189 g/mol. The van der Waals surface area contributed by atoms with Crippen LogP contribution in [0.4, 0.5) is 0 Å². The molecule has 12 radical (unpaired) electrons. The van der Waals surface area contributed by atoms with E-state index >= 15 is 0 Å². The van der Waals surface area contributed by atoms with E-state index < -0.39 is 6.16 Å². The zero-order chi connectivity index (χ0) is 7.33. The first-order valence-electron chi connectivity index (χ1n) is 1.67. The third-order valence-electron chi connectivity index (χ3n) is 0.524. The highest BCUT2D eigenvalue weighted by atomic mass is 28.2. The second-order valence-electron chi connectivity index (χ2n) is 0.942. The van der Waals surface area contributed by atoms with Gasteiger partial charge in [0.2, 0.25) is 0 Å². The van der Waals surface area contributed by atoms with Crippen LogP contribution in [-0.2, 0) is 13.3 Å². The summed E-state index contributed by atoms with van der Waals surface area (Å²) in [5, 5.41) is 0. The Morgan fingerprint density at radius 2 is 1.33 bits per heavy atom. The summed E-state index contributed by atoms with van der Waals surface area (Å²) >= 11 is 0. The molecule has 0 fully saturated rings. The normalized spacial score (nSPS) is 12.0. The zero-order valence-electron chi connectivity index (χ0n) is 4.17. The van der Waals surface area contributed by atoms with E-state index in [1.54, 1.807) is 0 Å². The van der Waals surface area contributed by atoms with Crippen molar-refractivity contribution in [2.45, 2.75) is 6.16 Å². The van der Waals surface area contributed by atoms with Crippen LogP contribution in [0, 0.1) is 0 Å². The second kappa shape index (κ2) is 4.51. The molecule has 0 aromatic rings. The van der Waals surface area contributed by atoms with Crippen molar-refractivity contribution in [1.82, 2.24) is 0 Å². The van der Waals surface area contributed by atoms with Gasteiger partial charge in [0.25, 0.3) is 31.5 Å². The van der Waals surface area contributed by atoms with Crippen molar-refractivity contribution in [1.29, 1.82) is 0 Å². The van der Waals surface area contributed by atoms with Crippen molar-refractivity contribution in [3.05, 3.63) is 0 Å². The molecule has 1 N–H and O–H groups in total. The molecule has 0 saturated carbocycles. The molecule has 0 saturated heterocycles. The first kappa shape index (κ1) is 9.71. The van der Waals surface area contributed by atoms with Gasteiger partial charge < -0.3 is 17.7 Å². The summed E-state index contributed by atoms with van der Waals surface area (Å²) in [7, 11) is 10.7. The molecular formula is CHO4Si4+. The summed E-state index contributed by atoms with van der Waals surface area (Å²) in [6, 6.07) is 0. The fourth-order valence-electron chi connectivity index (χ4n) is 0.131. The van der Waals surface area contributed by atoms with E-state index in [9.17, 15) is 0 Å². The minimum absolute atomic E-state index is 1.55. The van der Waals surface area contributed by atoms with Gasteiger partial charge in [-0.1, -0.05) is 0 Å². The molecule has 0 atom stereocenters. The van der Waals surface area contributed by atoms with Crippen LogP contribution in [0.2, 0.25) is 0 Å². The SMILES string of the molecule is [Si]OC(O[Si])(O[Si])[OH+][Si]. The summed E-state index contributed by atoms with van der Waals surface area (Å²) in [4.78, 5) is 0. The van der Waals surface area contributed by atoms with Crippen LogP contribution >= 0.6 is 0 Å². The Hall–Kier alpha value is 0.708. The highest BCUT2D eigenvalue weighted by Gasteiger charge is 2.34. The largest absolute Gasteiger partial charge is 0.627 e. The average Bonchev–Trinajstić information content (AvgIpc) is 1.95. The minimum Gasteiger partial charge on any atom is -0.449 e. The predicted octanol–water partition coefficient (Wildman–Crippen LogP) is -2.49. The fraction of sp³-hybridized carbons (Fsp3) is 1.00. The maximum absolute atomic E-state index is 4.43. The van der Waals surface area contributed by atoms with E-state index in [0.717, 1.165) is 0 Å². The molecule has 0 aliphatic heterocycles. The lowest BCUT2D eigenvalue weighted by Gasteiger charge is -2.21. The third kappa shape index (κ3) is 2.43. The molecule has 0 heterocycles. The van der Waals surface area contributed by atoms with Crippen molar-refractivity contribution in [2.75, 3.05) is 0 Å². The van der Waals surface area contributed by atoms with Crippen molar-refractivity contribution >= 4 is 41.9 Å². The maximum atomic E-state index is 4.43. The van der Waals surface area contributed by atoms with Crippen LogP contribution in [0.3, 0.4) is 0 Å². The van der Waals surface area contributed by atoms with Gasteiger partial charge in [-0.05, 0) is 0 Å². The molecule has 0 amide bonds. The number of hydrogen-bond acceptors (Lipinski definition) is 3. The van der Waals surface area contributed by atoms with Gasteiger partial charge in [-0.2, -0.15) is 0 Å². The van der Waals surface area contributed by atoms with Gasteiger partial charge in [0.1, 0.15) is 0 Å². The predicted molar refractivity (Wildman–Crippen MR) is 31.2 cm³/mol. The molecule has 0 aliphatic rings. The van der Waals surface area contributed by atoms with Gasteiger partial charge in [0, 0.05) is 0 Å². The molecule has 0 aromatic carbocycles. The van der Waals surface area contributed by atoms with Crippen molar-refractivity contribution in [2.24, 2.45) is 0 Å². The molecule has 0 unspecified atom stereocenters. The third-order valence-corrected chi connectivity index (χ3v) is 1.57. The van der Waals surface area contributed by atoms with Crippen molar-refractivity contribution in [3.8, 4) is 0 Å². The van der Waals surface area contributed by atoms with E-state index in [2.05, 4.69) is 59.6 Å². The van der Waals surface area contributed by atoms with Gasteiger partial charge in [0.05, 0.1) is 0 Å². The highest BCUT2D eigenvalue weighted by molar-refractivity contribution is 6.02. The van der Waals surface area contributed by atoms with Crippen LogP contribution in [0.15, 0.2) is 0 Å². The van der Waals surface area contributed by atoms with Crippen LogP contribution < -0.4 is 0 Å². The van der Waals surface area contributed by atoms with Crippen molar-refractivity contribution in [3.63, 3.8) is 0 Å². The summed E-state index contributed by atoms with van der Waals surface area (Å²) in [6.45, 7) is 0. The van der Waals surface area contributed by atoms with E-state index in [0.29, 0.717) is 0 Å². The van der Waals surface area contributed by atoms with Gasteiger partial charge in [-0.3, -0.25) is 0 Å². The molecule has 4 nitrogen and oxygen atoms in total. The molecule has 0 rings (SSSR count). The molecule has 0 aliphatic carbocycles. The van der Waals surface area contributed by atoms with Crippen molar-refractivity contribution < 1.29 is 17.7 Å². The zero-order valence-corrected chi connectivity index (χ0v) is 8.17. The first-order chi connectivity index (χ1) is 4.24. The molecular weight excluding hydrogens is 188 g/mol. The van der Waals surface area contributed by atoms with Gasteiger partial charge >= 0.3 is 16.6 Å². The Labute approximate surface area is 66.4 Å².